The molecule has 0 saturated carbocycles. The SMILES string of the molecule is COC(=O)[C@H]1Cc2ccccc2CN1CC(=O)Nc1sc2c(c1C#N)CC[C@H](C)C2. The van der Waals surface area contributed by atoms with Crippen LogP contribution in [0, 0.1) is 17.2 Å². The summed E-state index contributed by atoms with van der Waals surface area (Å²) in [6, 6.07) is 9.75. The highest BCUT2D eigenvalue weighted by molar-refractivity contribution is 7.16. The molecule has 0 saturated heterocycles. The molecule has 0 spiro atoms. The van der Waals surface area contributed by atoms with E-state index in [1.807, 2.05) is 29.2 Å². The molecule has 2 aliphatic rings. The van der Waals surface area contributed by atoms with E-state index >= 15 is 0 Å². The molecule has 0 radical (unpaired) electrons. The Kier molecular flexibility index (Phi) is 5.89. The highest BCUT2D eigenvalue weighted by Gasteiger charge is 2.33. The Bertz CT molecular complexity index is 1020. The Labute approximate surface area is 180 Å². The van der Waals surface area contributed by atoms with E-state index in [1.54, 1.807) is 0 Å². The maximum Gasteiger partial charge on any atom is 0.323 e. The molecule has 0 bridgehead atoms. The van der Waals surface area contributed by atoms with Gasteiger partial charge in [0.15, 0.2) is 0 Å². The molecule has 1 aromatic heterocycles. The van der Waals surface area contributed by atoms with Gasteiger partial charge in [0, 0.05) is 11.4 Å². The predicted molar refractivity (Wildman–Crippen MR) is 115 cm³/mol. The van der Waals surface area contributed by atoms with Crippen LogP contribution in [0.25, 0.3) is 0 Å². The van der Waals surface area contributed by atoms with E-state index in [2.05, 4.69) is 18.3 Å². The van der Waals surface area contributed by atoms with Crippen molar-refractivity contribution in [2.24, 2.45) is 5.92 Å². The number of fused-ring (bicyclic) bond motifs is 2. The minimum Gasteiger partial charge on any atom is -0.468 e. The molecule has 2 aromatic rings. The molecule has 1 aromatic carbocycles. The summed E-state index contributed by atoms with van der Waals surface area (Å²) >= 11 is 1.52. The van der Waals surface area contributed by atoms with Gasteiger partial charge in [-0.25, -0.2) is 0 Å². The highest BCUT2D eigenvalue weighted by Crippen LogP contribution is 2.39. The van der Waals surface area contributed by atoms with Crippen molar-refractivity contribution in [1.82, 2.24) is 4.90 Å². The summed E-state index contributed by atoms with van der Waals surface area (Å²) in [6.45, 7) is 2.79. The third kappa shape index (κ3) is 3.98. The normalized spacial score (nSPS) is 20.6. The monoisotopic (exact) mass is 423 g/mol. The second-order valence-electron chi connectivity index (χ2n) is 8.13. The summed E-state index contributed by atoms with van der Waals surface area (Å²) < 4.78 is 4.98. The molecule has 1 N–H and O–H groups in total. The maximum absolute atomic E-state index is 12.9. The third-order valence-corrected chi connectivity index (χ3v) is 7.21. The molecule has 2 atom stereocenters. The lowest BCUT2D eigenvalue weighted by molar-refractivity contribution is -0.148. The molecule has 156 valence electrons. The molecule has 0 unspecified atom stereocenters. The van der Waals surface area contributed by atoms with Crippen LogP contribution in [0.2, 0.25) is 0 Å². The molecule has 1 aliphatic heterocycles. The number of benzene rings is 1. The first-order chi connectivity index (χ1) is 14.5. The smallest absolute Gasteiger partial charge is 0.323 e. The second kappa shape index (κ2) is 8.58. The number of nitrogens with zero attached hydrogens (tertiary/aromatic N) is 2. The summed E-state index contributed by atoms with van der Waals surface area (Å²) in [5.74, 6) is 0.0440. The lowest BCUT2D eigenvalue weighted by Gasteiger charge is -2.34. The van der Waals surface area contributed by atoms with E-state index in [9.17, 15) is 14.9 Å². The Balaban J connectivity index is 1.52. The van der Waals surface area contributed by atoms with E-state index in [1.165, 1.54) is 23.3 Å². The van der Waals surface area contributed by atoms with Crippen molar-refractivity contribution in [2.75, 3.05) is 19.0 Å². The van der Waals surface area contributed by atoms with Gasteiger partial charge in [0.2, 0.25) is 5.91 Å². The van der Waals surface area contributed by atoms with E-state index in [0.29, 0.717) is 29.4 Å². The van der Waals surface area contributed by atoms with Crippen LogP contribution in [0.3, 0.4) is 0 Å². The van der Waals surface area contributed by atoms with Gasteiger partial charge < -0.3 is 10.1 Å². The third-order valence-electron chi connectivity index (χ3n) is 6.04. The minimum atomic E-state index is -0.497. The molecule has 1 amide bonds. The van der Waals surface area contributed by atoms with Crippen LogP contribution in [-0.2, 0) is 40.1 Å². The second-order valence-corrected chi connectivity index (χ2v) is 9.24. The number of nitriles is 1. The van der Waals surface area contributed by atoms with Gasteiger partial charge in [-0.3, -0.25) is 14.5 Å². The number of hydrogen-bond donors (Lipinski definition) is 1. The van der Waals surface area contributed by atoms with E-state index in [-0.39, 0.29) is 18.4 Å². The average Bonchev–Trinajstić information content (AvgIpc) is 3.08. The van der Waals surface area contributed by atoms with Crippen molar-refractivity contribution in [3.8, 4) is 6.07 Å². The molecule has 4 rings (SSSR count). The first kappa shape index (κ1) is 20.6. The predicted octanol–water partition coefficient (Wildman–Crippen LogP) is 3.28. The van der Waals surface area contributed by atoms with Crippen molar-refractivity contribution in [3.05, 3.63) is 51.4 Å². The summed E-state index contributed by atoms with van der Waals surface area (Å²) in [4.78, 5) is 28.3. The molecule has 7 heteroatoms. The Hall–Kier alpha value is -2.69. The average molecular weight is 424 g/mol. The van der Waals surface area contributed by atoms with Gasteiger partial charge in [0.05, 0.1) is 19.2 Å². The largest absolute Gasteiger partial charge is 0.468 e. The summed E-state index contributed by atoms with van der Waals surface area (Å²) in [5, 5.41) is 13.2. The van der Waals surface area contributed by atoms with Gasteiger partial charge in [-0.05, 0) is 48.3 Å². The van der Waals surface area contributed by atoms with Gasteiger partial charge in [0.25, 0.3) is 0 Å². The van der Waals surface area contributed by atoms with Crippen LogP contribution in [0.4, 0.5) is 5.00 Å². The van der Waals surface area contributed by atoms with Crippen molar-refractivity contribution in [3.63, 3.8) is 0 Å². The number of thiophene rings is 1. The van der Waals surface area contributed by atoms with Gasteiger partial charge >= 0.3 is 5.97 Å². The van der Waals surface area contributed by atoms with Gasteiger partial charge in [0.1, 0.15) is 17.1 Å². The number of esters is 1. The first-order valence-corrected chi connectivity index (χ1v) is 11.0. The van der Waals surface area contributed by atoms with Crippen LogP contribution in [-0.4, -0.2) is 36.5 Å². The number of nitrogens with one attached hydrogen (secondary N) is 1. The van der Waals surface area contributed by atoms with E-state index in [4.69, 9.17) is 4.74 Å². The number of rotatable bonds is 4. The summed E-state index contributed by atoms with van der Waals surface area (Å²) in [5.41, 5.74) is 3.92. The van der Waals surface area contributed by atoms with E-state index in [0.717, 1.165) is 36.0 Å². The zero-order chi connectivity index (χ0) is 21.3. The van der Waals surface area contributed by atoms with Gasteiger partial charge in [-0.1, -0.05) is 31.2 Å². The molecule has 30 heavy (non-hydrogen) atoms. The lowest BCUT2D eigenvalue weighted by Crippen LogP contribution is -2.49. The van der Waals surface area contributed by atoms with Crippen LogP contribution in [0.15, 0.2) is 24.3 Å². The Morgan fingerprint density at radius 2 is 2.07 bits per heavy atom. The molecular weight excluding hydrogens is 398 g/mol. The fourth-order valence-corrected chi connectivity index (χ4v) is 5.80. The Morgan fingerprint density at radius 3 is 2.80 bits per heavy atom. The fourth-order valence-electron chi connectivity index (χ4n) is 4.42. The summed E-state index contributed by atoms with van der Waals surface area (Å²) in [6.07, 6.45) is 3.43. The molecule has 0 fully saturated rings. The zero-order valence-corrected chi connectivity index (χ0v) is 18.1. The molecule has 1 aliphatic carbocycles. The fraction of sp³-hybridized carbons (Fsp3) is 0.435. The van der Waals surface area contributed by atoms with Crippen molar-refractivity contribution >= 4 is 28.2 Å². The van der Waals surface area contributed by atoms with Crippen LogP contribution in [0.1, 0.15) is 40.5 Å². The number of carbonyl (C=O) groups is 2. The number of hydrogen-bond acceptors (Lipinski definition) is 6. The first-order valence-electron chi connectivity index (χ1n) is 10.2. The minimum absolute atomic E-state index is 0.0674. The number of ether oxygens (including phenoxy) is 1. The lowest BCUT2D eigenvalue weighted by atomic mass is 9.88. The highest BCUT2D eigenvalue weighted by atomic mass is 32.1. The van der Waals surface area contributed by atoms with E-state index < -0.39 is 6.04 Å². The zero-order valence-electron chi connectivity index (χ0n) is 17.2. The molecule has 2 heterocycles. The molecular formula is C23H25N3O3S. The number of anilines is 1. The van der Waals surface area contributed by atoms with Gasteiger partial charge in [-0.2, -0.15) is 5.26 Å². The van der Waals surface area contributed by atoms with Crippen molar-refractivity contribution in [1.29, 1.82) is 5.26 Å². The van der Waals surface area contributed by atoms with Gasteiger partial charge in [-0.15, -0.1) is 11.3 Å². The quantitative estimate of drug-likeness (QED) is 0.763. The van der Waals surface area contributed by atoms with Crippen LogP contribution in [0.5, 0.6) is 0 Å². The topological polar surface area (TPSA) is 82.4 Å². The number of methoxy groups -OCH3 is 1. The van der Waals surface area contributed by atoms with Crippen molar-refractivity contribution < 1.29 is 14.3 Å². The molecule has 6 nitrogen and oxygen atoms in total. The number of carbonyl (C=O) groups excluding carboxylic acids is 2. The van der Waals surface area contributed by atoms with Crippen LogP contribution < -0.4 is 5.32 Å². The standard InChI is InChI=1S/C23H25N3O3S/c1-14-7-8-17-18(11-24)22(30-20(17)9-14)25-21(27)13-26-12-16-6-4-3-5-15(16)10-19(26)23(28)29-2/h3-6,14,19H,7-10,12-13H2,1-2H3,(H,25,27)/t14-,19+/m0/s1. The summed E-state index contributed by atoms with van der Waals surface area (Å²) in [7, 11) is 1.37. The number of amides is 1. The van der Waals surface area contributed by atoms with Crippen LogP contribution >= 0.6 is 11.3 Å². The van der Waals surface area contributed by atoms with Crippen molar-refractivity contribution in [2.45, 2.75) is 45.2 Å². The Morgan fingerprint density at radius 1 is 1.30 bits per heavy atom. The maximum atomic E-state index is 12.9.